The van der Waals surface area contributed by atoms with Crippen molar-refractivity contribution < 1.29 is 27.9 Å². The number of aromatic nitrogens is 2. The van der Waals surface area contributed by atoms with Crippen LogP contribution in [-0.4, -0.2) is 39.9 Å². The molecule has 11 heteroatoms. The van der Waals surface area contributed by atoms with E-state index < -0.39 is 17.6 Å². The zero-order valence-electron chi connectivity index (χ0n) is 19.0. The number of nitrogens with one attached hydrogen (secondary N) is 2. The van der Waals surface area contributed by atoms with E-state index in [1.807, 2.05) is 0 Å². The first-order valence-electron chi connectivity index (χ1n) is 10.9. The van der Waals surface area contributed by atoms with Gasteiger partial charge in [-0.05, 0) is 30.2 Å². The summed E-state index contributed by atoms with van der Waals surface area (Å²) in [6, 6.07) is 9.41. The van der Waals surface area contributed by atoms with E-state index >= 15 is 0 Å². The second-order valence-corrected chi connectivity index (χ2v) is 8.86. The maximum Gasteiger partial charge on any atom is 0.416 e. The van der Waals surface area contributed by atoms with E-state index in [0.29, 0.717) is 39.4 Å². The zero-order chi connectivity index (χ0) is 25.9. The average Bonchev–Trinajstić information content (AvgIpc) is 3.28. The van der Waals surface area contributed by atoms with Crippen molar-refractivity contribution >= 4 is 44.7 Å². The number of rotatable bonds is 8. The minimum absolute atomic E-state index is 0.0771. The summed E-state index contributed by atoms with van der Waals surface area (Å²) in [6.07, 6.45) is -3.38. The Bertz CT molecular complexity index is 1440. The molecule has 0 aliphatic heterocycles. The van der Waals surface area contributed by atoms with Gasteiger partial charge in [-0.2, -0.15) is 13.2 Å². The van der Waals surface area contributed by atoms with Gasteiger partial charge >= 0.3 is 6.18 Å². The minimum Gasteiger partial charge on any atom is -0.395 e. The number of hydrogen-bond donors (Lipinski definition) is 3. The number of alkyl halides is 3. The molecular weight excluding hydrogens is 493 g/mol. The molecule has 186 valence electrons. The van der Waals surface area contributed by atoms with E-state index in [1.54, 1.807) is 24.4 Å². The summed E-state index contributed by atoms with van der Waals surface area (Å²) in [7, 11) is 0. The summed E-state index contributed by atoms with van der Waals surface area (Å²) in [5.74, 6) is -0.298. The van der Waals surface area contributed by atoms with Gasteiger partial charge in [-0.1, -0.05) is 30.3 Å². The Morgan fingerprint density at radius 2 is 1.92 bits per heavy atom. The van der Waals surface area contributed by atoms with Gasteiger partial charge in [0, 0.05) is 29.6 Å². The highest BCUT2D eigenvalue weighted by Gasteiger charge is 2.30. The summed E-state index contributed by atoms with van der Waals surface area (Å²) in [6.45, 7) is 1.99. The van der Waals surface area contributed by atoms with Gasteiger partial charge < -0.3 is 15.7 Å². The SMILES string of the molecule is Cc1ccc(C(=O)Cc2cccc(C(F)(F)F)c2)cc1NC(=O)c1csc2c(NCCO)ncnc12. The van der Waals surface area contributed by atoms with E-state index in [-0.39, 0.29) is 29.9 Å². The highest BCUT2D eigenvalue weighted by atomic mass is 32.1. The topological polar surface area (TPSA) is 104 Å². The van der Waals surface area contributed by atoms with Crippen molar-refractivity contribution in [3.05, 3.63) is 82.0 Å². The van der Waals surface area contributed by atoms with Crippen LogP contribution in [-0.2, 0) is 12.6 Å². The molecule has 2 aromatic heterocycles. The summed E-state index contributed by atoms with van der Waals surface area (Å²) < 4.78 is 39.6. The van der Waals surface area contributed by atoms with E-state index in [4.69, 9.17) is 5.11 Å². The number of carbonyl (C=O) groups is 2. The van der Waals surface area contributed by atoms with E-state index in [9.17, 15) is 22.8 Å². The molecule has 3 N–H and O–H groups in total. The van der Waals surface area contributed by atoms with Gasteiger partial charge in [0.05, 0.1) is 28.0 Å². The fourth-order valence-electron chi connectivity index (χ4n) is 3.58. The van der Waals surface area contributed by atoms with Crippen LogP contribution in [0.2, 0.25) is 0 Å². The van der Waals surface area contributed by atoms with E-state index in [2.05, 4.69) is 20.6 Å². The molecule has 4 rings (SSSR count). The van der Waals surface area contributed by atoms with Crippen LogP contribution < -0.4 is 10.6 Å². The van der Waals surface area contributed by atoms with Gasteiger partial charge in [0.25, 0.3) is 5.91 Å². The van der Waals surface area contributed by atoms with Crippen molar-refractivity contribution in [2.75, 3.05) is 23.8 Å². The molecule has 0 spiro atoms. The molecule has 36 heavy (non-hydrogen) atoms. The largest absolute Gasteiger partial charge is 0.416 e. The summed E-state index contributed by atoms with van der Waals surface area (Å²) in [5.41, 5.74) is 1.58. The number of aliphatic hydroxyl groups excluding tert-OH is 1. The minimum atomic E-state index is -4.49. The lowest BCUT2D eigenvalue weighted by Gasteiger charge is -2.11. The second-order valence-electron chi connectivity index (χ2n) is 7.98. The molecule has 2 heterocycles. The van der Waals surface area contributed by atoms with Crippen LogP contribution in [0.4, 0.5) is 24.7 Å². The zero-order valence-corrected chi connectivity index (χ0v) is 19.8. The normalized spacial score (nSPS) is 11.5. The number of hydrogen-bond acceptors (Lipinski definition) is 7. The molecule has 7 nitrogen and oxygen atoms in total. The molecule has 0 aliphatic rings. The predicted molar refractivity (Wildman–Crippen MR) is 132 cm³/mol. The van der Waals surface area contributed by atoms with Crippen LogP contribution in [0, 0.1) is 6.92 Å². The molecule has 4 aromatic rings. The van der Waals surface area contributed by atoms with E-state index in [0.717, 1.165) is 12.1 Å². The van der Waals surface area contributed by atoms with Crippen LogP contribution in [0.5, 0.6) is 0 Å². The lowest BCUT2D eigenvalue weighted by Crippen LogP contribution is -2.14. The van der Waals surface area contributed by atoms with Crippen LogP contribution in [0.25, 0.3) is 10.2 Å². The Morgan fingerprint density at radius 3 is 2.67 bits per heavy atom. The molecule has 1 amide bonds. The maximum absolute atomic E-state index is 13.1. The molecular formula is C25H21F3N4O3S. The quantitative estimate of drug-likeness (QED) is 0.283. The number of nitrogens with zero attached hydrogens (tertiary/aromatic N) is 2. The Balaban J connectivity index is 1.54. The molecule has 2 aromatic carbocycles. The Morgan fingerprint density at radius 1 is 1.11 bits per heavy atom. The summed E-state index contributed by atoms with van der Waals surface area (Å²) in [5, 5.41) is 16.5. The fourth-order valence-corrected chi connectivity index (χ4v) is 4.54. The number of benzene rings is 2. The number of fused-ring (bicyclic) bond motifs is 1. The highest BCUT2D eigenvalue weighted by molar-refractivity contribution is 7.18. The first-order valence-corrected chi connectivity index (χ1v) is 11.7. The second kappa shape index (κ2) is 10.4. The average molecular weight is 515 g/mol. The molecule has 0 saturated carbocycles. The van der Waals surface area contributed by atoms with Crippen LogP contribution in [0.3, 0.4) is 0 Å². The molecule has 0 bridgehead atoms. The third kappa shape index (κ3) is 5.52. The number of amides is 1. The number of ketones is 1. The number of halogens is 3. The smallest absolute Gasteiger partial charge is 0.395 e. The Labute approximate surface area is 208 Å². The van der Waals surface area contributed by atoms with Crippen molar-refractivity contribution in [3.8, 4) is 0 Å². The van der Waals surface area contributed by atoms with Gasteiger partial charge in [0.1, 0.15) is 12.1 Å². The highest BCUT2D eigenvalue weighted by Crippen LogP contribution is 2.31. The number of aliphatic hydroxyl groups is 1. The molecule has 0 fully saturated rings. The maximum atomic E-state index is 13.1. The monoisotopic (exact) mass is 514 g/mol. The number of anilines is 2. The number of Topliss-reactive ketones (excluding diaryl/α,β-unsaturated/α-hetero) is 1. The van der Waals surface area contributed by atoms with Crippen LogP contribution in [0.1, 0.15) is 37.4 Å². The third-order valence-electron chi connectivity index (χ3n) is 5.43. The van der Waals surface area contributed by atoms with Crippen LogP contribution in [0.15, 0.2) is 54.2 Å². The van der Waals surface area contributed by atoms with Gasteiger partial charge in [-0.3, -0.25) is 9.59 Å². The predicted octanol–water partition coefficient (Wildman–Crippen LogP) is 5.10. The number of carbonyl (C=O) groups excluding carboxylic acids is 2. The third-order valence-corrected chi connectivity index (χ3v) is 6.41. The summed E-state index contributed by atoms with van der Waals surface area (Å²) in [4.78, 5) is 34.2. The number of aryl methyl sites for hydroxylation is 1. The van der Waals surface area contributed by atoms with Crippen molar-refractivity contribution in [3.63, 3.8) is 0 Å². The molecule has 0 radical (unpaired) electrons. The van der Waals surface area contributed by atoms with Gasteiger partial charge in [-0.15, -0.1) is 11.3 Å². The standard InChI is InChI=1S/C25H21F3N4O3S/c1-14-5-6-16(20(34)10-15-3-2-4-17(9-15)25(26,27)28)11-19(14)32-24(35)18-12-36-22-21(18)30-13-31-23(22)29-7-8-33/h2-6,9,11-13,33H,7-8,10H2,1H3,(H,32,35)(H,29,30,31). The molecule has 0 unspecified atom stereocenters. The Hall–Kier alpha value is -3.83. The van der Waals surface area contributed by atoms with E-state index in [1.165, 1.54) is 35.9 Å². The Kier molecular flexibility index (Phi) is 7.32. The van der Waals surface area contributed by atoms with Gasteiger partial charge in [-0.25, -0.2) is 9.97 Å². The van der Waals surface area contributed by atoms with Crippen molar-refractivity contribution in [1.82, 2.24) is 9.97 Å². The first-order chi connectivity index (χ1) is 17.2. The fraction of sp³-hybridized carbons (Fsp3) is 0.200. The number of thiophene rings is 1. The van der Waals surface area contributed by atoms with Gasteiger partial charge in [0.2, 0.25) is 0 Å². The van der Waals surface area contributed by atoms with Crippen molar-refractivity contribution in [2.24, 2.45) is 0 Å². The van der Waals surface area contributed by atoms with Crippen LogP contribution >= 0.6 is 11.3 Å². The lowest BCUT2D eigenvalue weighted by molar-refractivity contribution is -0.137. The molecule has 0 saturated heterocycles. The lowest BCUT2D eigenvalue weighted by atomic mass is 9.99. The van der Waals surface area contributed by atoms with Gasteiger partial charge in [0.15, 0.2) is 5.78 Å². The molecule has 0 atom stereocenters. The first kappa shape index (κ1) is 25.3. The van der Waals surface area contributed by atoms with Crippen molar-refractivity contribution in [2.45, 2.75) is 19.5 Å². The van der Waals surface area contributed by atoms with Crippen molar-refractivity contribution in [1.29, 1.82) is 0 Å². The summed E-state index contributed by atoms with van der Waals surface area (Å²) >= 11 is 1.28. The molecule has 0 aliphatic carbocycles.